The van der Waals surface area contributed by atoms with Crippen molar-refractivity contribution in [1.82, 2.24) is 9.55 Å². The normalized spacial score (nSPS) is 22.2. The second-order valence-corrected chi connectivity index (χ2v) is 8.95. The molecular weight excluding hydrogens is 582 g/mol. The van der Waals surface area contributed by atoms with Gasteiger partial charge in [0.05, 0.1) is 15.6 Å². The summed E-state index contributed by atoms with van der Waals surface area (Å²) in [7, 11) is 0. The fraction of sp³-hybridized carbons (Fsp3) is 0.208. The Labute approximate surface area is 226 Å². The highest BCUT2D eigenvalue weighted by Gasteiger charge is 2.53. The molecule has 1 fully saturated rings. The van der Waals surface area contributed by atoms with E-state index in [-0.39, 0.29) is 15.6 Å². The molecule has 2 N–H and O–H groups in total. The summed E-state index contributed by atoms with van der Waals surface area (Å²) >= 11 is 2.99. The van der Waals surface area contributed by atoms with Crippen molar-refractivity contribution in [2.45, 2.75) is 30.6 Å². The van der Waals surface area contributed by atoms with E-state index >= 15 is 0 Å². The van der Waals surface area contributed by atoms with Gasteiger partial charge in [0.25, 0.3) is 5.56 Å². The van der Waals surface area contributed by atoms with Crippen LogP contribution in [0.15, 0.2) is 86.0 Å². The largest absolute Gasteiger partial charge is 0.479 e. The molecule has 2 aromatic carbocycles. The molecule has 39 heavy (non-hydrogen) atoms. The van der Waals surface area contributed by atoms with Crippen LogP contribution in [0.2, 0.25) is 0 Å². The third-order valence-electron chi connectivity index (χ3n) is 5.67. The maximum absolute atomic E-state index is 13.1. The number of rotatable bonds is 7. The first-order valence-electron chi connectivity index (χ1n) is 11.2. The molecule has 1 aromatic heterocycles. The Balaban J connectivity index is 1.87. The number of aromatic amines is 1. The molecular formula is C24H18BrN5O9. The predicted octanol–water partition coefficient (Wildman–Crippen LogP) is 2.41. The van der Waals surface area contributed by atoms with E-state index < -0.39 is 59.7 Å². The number of carbonyl (C=O) groups excluding carboxylic acids is 2. The SMILES string of the molecule is [N-]=[N+]=NC1C(C(=O)O)OC(n2cc(Br)c(=O)[nH]c2=O)C(OC(=O)c2ccccc2)C1OC(=O)c1ccccc1. The fourth-order valence-corrected chi connectivity index (χ4v) is 4.21. The molecule has 0 amide bonds. The van der Waals surface area contributed by atoms with Gasteiger partial charge in [0.2, 0.25) is 0 Å². The van der Waals surface area contributed by atoms with Crippen molar-refractivity contribution in [1.29, 1.82) is 0 Å². The third kappa shape index (κ3) is 5.90. The second-order valence-electron chi connectivity index (χ2n) is 8.10. The molecule has 2 heterocycles. The lowest BCUT2D eigenvalue weighted by atomic mass is 9.95. The zero-order valence-corrected chi connectivity index (χ0v) is 21.2. The van der Waals surface area contributed by atoms with Crippen LogP contribution in [0, 0.1) is 0 Å². The number of hydrogen-bond donors (Lipinski definition) is 2. The molecule has 0 radical (unpaired) electrons. The minimum absolute atomic E-state index is 0.0594. The average molecular weight is 600 g/mol. The van der Waals surface area contributed by atoms with Crippen LogP contribution in [-0.2, 0) is 19.0 Å². The van der Waals surface area contributed by atoms with Crippen LogP contribution >= 0.6 is 15.9 Å². The van der Waals surface area contributed by atoms with Gasteiger partial charge in [-0.1, -0.05) is 41.5 Å². The number of halogens is 1. The van der Waals surface area contributed by atoms with Crippen LogP contribution in [-0.4, -0.2) is 56.9 Å². The number of benzene rings is 2. The minimum Gasteiger partial charge on any atom is -0.479 e. The predicted molar refractivity (Wildman–Crippen MR) is 135 cm³/mol. The van der Waals surface area contributed by atoms with E-state index in [0.29, 0.717) is 0 Å². The second kappa shape index (κ2) is 11.8. The quantitative estimate of drug-likeness (QED) is 0.177. The molecule has 1 saturated heterocycles. The van der Waals surface area contributed by atoms with Gasteiger partial charge in [0, 0.05) is 11.1 Å². The van der Waals surface area contributed by atoms with Crippen molar-refractivity contribution >= 4 is 33.8 Å². The number of esters is 2. The molecule has 0 saturated carbocycles. The van der Waals surface area contributed by atoms with Crippen LogP contribution < -0.4 is 11.2 Å². The molecule has 0 bridgehead atoms. The number of H-pyrrole nitrogens is 1. The lowest BCUT2D eigenvalue weighted by molar-refractivity contribution is -0.216. The Hall–Kier alpha value is -4.72. The summed E-state index contributed by atoms with van der Waals surface area (Å²) in [4.78, 5) is 67.7. The van der Waals surface area contributed by atoms with Gasteiger partial charge in [-0.3, -0.25) is 14.3 Å². The van der Waals surface area contributed by atoms with Gasteiger partial charge in [-0.05, 0) is 45.7 Å². The number of nitrogens with zero attached hydrogens (tertiary/aromatic N) is 4. The number of aliphatic carboxylic acids is 1. The van der Waals surface area contributed by atoms with Gasteiger partial charge < -0.3 is 19.3 Å². The Kier molecular flexibility index (Phi) is 8.24. The highest BCUT2D eigenvalue weighted by Crippen LogP contribution is 2.35. The number of carboxylic acid groups (broad SMARTS) is 1. The van der Waals surface area contributed by atoms with Crippen LogP contribution in [0.3, 0.4) is 0 Å². The Morgan fingerprint density at radius 2 is 1.51 bits per heavy atom. The number of carboxylic acids is 1. The number of nitrogens with one attached hydrogen (secondary N) is 1. The number of carbonyl (C=O) groups is 3. The highest BCUT2D eigenvalue weighted by atomic mass is 79.9. The molecule has 5 unspecified atom stereocenters. The number of ether oxygens (including phenoxy) is 3. The molecule has 0 aliphatic carbocycles. The van der Waals surface area contributed by atoms with Crippen LogP contribution in [0.5, 0.6) is 0 Å². The third-order valence-corrected chi connectivity index (χ3v) is 6.23. The summed E-state index contributed by atoms with van der Waals surface area (Å²) in [6, 6.07) is 13.5. The average Bonchev–Trinajstić information content (AvgIpc) is 2.93. The van der Waals surface area contributed by atoms with Crippen molar-refractivity contribution in [2.75, 3.05) is 0 Å². The van der Waals surface area contributed by atoms with Crippen molar-refractivity contribution in [3.05, 3.63) is 114 Å². The molecule has 14 nitrogen and oxygen atoms in total. The van der Waals surface area contributed by atoms with E-state index in [2.05, 4.69) is 26.0 Å². The summed E-state index contributed by atoms with van der Waals surface area (Å²) in [5, 5.41) is 13.4. The van der Waals surface area contributed by atoms with Crippen LogP contribution in [0.25, 0.3) is 10.4 Å². The minimum atomic E-state index is -1.95. The molecule has 1 aliphatic heterocycles. The maximum atomic E-state index is 13.1. The van der Waals surface area contributed by atoms with E-state index in [1.165, 1.54) is 24.3 Å². The smallest absolute Gasteiger partial charge is 0.338 e. The Morgan fingerprint density at radius 1 is 0.974 bits per heavy atom. The van der Waals surface area contributed by atoms with Crippen molar-refractivity contribution in [3.63, 3.8) is 0 Å². The molecule has 5 atom stereocenters. The lowest BCUT2D eigenvalue weighted by Crippen LogP contribution is -2.60. The van der Waals surface area contributed by atoms with Crippen LogP contribution in [0.4, 0.5) is 0 Å². The first-order chi connectivity index (χ1) is 18.7. The molecule has 200 valence electrons. The topological polar surface area (TPSA) is 203 Å². The monoisotopic (exact) mass is 599 g/mol. The summed E-state index contributed by atoms with van der Waals surface area (Å²) in [6.07, 6.45) is -6.19. The van der Waals surface area contributed by atoms with E-state index in [9.17, 15) is 34.6 Å². The molecule has 3 aromatic rings. The van der Waals surface area contributed by atoms with Crippen molar-refractivity contribution in [2.24, 2.45) is 5.11 Å². The van der Waals surface area contributed by atoms with E-state index in [0.717, 1.165) is 10.8 Å². The Bertz CT molecular complexity index is 1550. The highest BCUT2D eigenvalue weighted by molar-refractivity contribution is 9.10. The standard InChI is InChI=1S/C24H18BrN5O9/c25-14-11-30(24(36)27-19(14)31)20-18(39-23(35)13-9-5-2-6-10-13)16(15(28-29-26)17(37-20)21(32)33)38-22(34)12-7-3-1-4-8-12/h1-11,15-18,20H,(H,32,33)(H,27,31,36). The zero-order chi connectivity index (χ0) is 28.1. The van der Waals surface area contributed by atoms with E-state index in [4.69, 9.17) is 14.2 Å². The number of azide groups is 1. The van der Waals surface area contributed by atoms with Gasteiger partial charge in [-0.15, -0.1) is 0 Å². The maximum Gasteiger partial charge on any atom is 0.338 e. The van der Waals surface area contributed by atoms with Crippen molar-refractivity contribution in [3.8, 4) is 0 Å². The number of aromatic nitrogens is 2. The van der Waals surface area contributed by atoms with E-state index in [1.807, 2.05) is 4.98 Å². The Morgan fingerprint density at radius 3 is 2.03 bits per heavy atom. The van der Waals surface area contributed by atoms with Gasteiger partial charge in [0.1, 0.15) is 6.04 Å². The molecule has 15 heteroatoms. The van der Waals surface area contributed by atoms with E-state index in [1.54, 1.807) is 36.4 Å². The summed E-state index contributed by atoms with van der Waals surface area (Å²) in [6.45, 7) is 0. The lowest BCUT2D eigenvalue weighted by Gasteiger charge is -2.43. The first kappa shape index (κ1) is 27.3. The van der Waals surface area contributed by atoms with Crippen LogP contribution in [0.1, 0.15) is 26.9 Å². The summed E-state index contributed by atoms with van der Waals surface area (Å²) < 4.78 is 17.5. The molecule has 4 rings (SSSR count). The summed E-state index contributed by atoms with van der Waals surface area (Å²) in [5.74, 6) is -3.53. The zero-order valence-electron chi connectivity index (χ0n) is 19.6. The number of hydrogen-bond acceptors (Lipinski definition) is 9. The van der Waals surface area contributed by atoms with Gasteiger partial charge >= 0.3 is 23.6 Å². The summed E-state index contributed by atoms with van der Waals surface area (Å²) in [5.41, 5.74) is 7.48. The van der Waals surface area contributed by atoms with Gasteiger partial charge in [0.15, 0.2) is 24.5 Å². The van der Waals surface area contributed by atoms with Gasteiger partial charge in [-0.2, -0.15) is 0 Å². The molecule has 1 aliphatic rings. The molecule has 0 spiro atoms. The fourth-order valence-electron chi connectivity index (χ4n) is 3.89. The first-order valence-corrected chi connectivity index (χ1v) is 12.0. The van der Waals surface area contributed by atoms with Crippen molar-refractivity contribution < 1.29 is 33.7 Å². The van der Waals surface area contributed by atoms with Gasteiger partial charge in [-0.25, -0.2) is 19.2 Å².